The zero-order chi connectivity index (χ0) is 11.9. The predicted octanol–water partition coefficient (Wildman–Crippen LogP) is 4.72. The van der Waals surface area contributed by atoms with Crippen LogP contribution in [-0.4, -0.2) is 4.98 Å². The number of hydrogen-bond acceptors (Lipinski definition) is 2. The molecular weight excluding hydrogens is 214 g/mol. The molecule has 0 aliphatic carbocycles. The van der Waals surface area contributed by atoms with Crippen molar-refractivity contribution in [3.8, 4) is 0 Å². The van der Waals surface area contributed by atoms with Gasteiger partial charge in [-0.2, -0.15) is 0 Å². The summed E-state index contributed by atoms with van der Waals surface area (Å²) in [7, 11) is 0. The summed E-state index contributed by atoms with van der Waals surface area (Å²) in [5, 5.41) is 0. The van der Waals surface area contributed by atoms with Crippen LogP contribution in [0.1, 0.15) is 51.7 Å². The molecule has 0 bridgehead atoms. The second-order valence-corrected chi connectivity index (χ2v) is 6.49. The van der Waals surface area contributed by atoms with Crippen molar-refractivity contribution >= 4 is 21.6 Å². The van der Waals surface area contributed by atoms with Gasteiger partial charge in [-0.05, 0) is 22.5 Å². The summed E-state index contributed by atoms with van der Waals surface area (Å²) < 4.78 is 1.36. The fraction of sp³-hybridized carbons (Fsp3) is 0.500. The van der Waals surface area contributed by atoms with E-state index in [1.54, 1.807) is 11.3 Å². The second-order valence-electron chi connectivity index (χ2n) is 5.64. The maximum absolute atomic E-state index is 4.55. The summed E-state index contributed by atoms with van der Waals surface area (Å²) >= 11 is 1.76. The van der Waals surface area contributed by atoms with E-state index in [1.807, 2.05) is 5.51 Å². The van der Waals surface area contributed by atoms with Gasteiger partial charge in [-0.25, -0.2) is 4.98 Å². The molecule has 1 aromatic heterocycles. The highest BCUT2D eigenvalue weighted by Gasteiger charge is 2.20. The Labute approximate surface area is 102 Å². The summed E-state index contributed by atoms with van der Waals surface area (Å²) in [6, 6.07) is 4.52. The molecule has 1 heterocycles. The summed E-state index contributed by atoms with van der Waals surface area (Å²) in [5.41, 5.74) is 6.11. The third-order valence-electron chi connectivity index (χ3n) is 2.94. The third kappa shape index (κ3) is 1.86. The fourth-order valence-electron chi connectivity index (χ4n) is 2.03. The monoisotopic (exact) mass is 233 g/mol. The molecule has 2 aromatic rings. The van der Waals surface area contributed by atoms with E-state index in [0.717, 1.165) is 0 Å². The van der Waals surface area contributed by atoms with Gasteiger partial charge in [0.05, 0.1) is 15.7 Å². The summed E-state index contributed by atoms with van der Waals surface area (Å²) in [6.45, 7) is 11.2. The maximum Gasteiger partial charge on any atom is 0.0852 e. The van der Waals surface area contributed by atoms with Crippen LogP contribution in [-0.2, 0) is 5.41 Å². The highest BCUT2D eigenvalue weighted by Crippen LogP contribution is 2.35. The zero-order valence-corrected chi connectivity index (χ0v) is 11.5. The van der Waals surface area contributed by atoms with Crippen LogP contribution in [0.25, 0.3) is 10.2 Å². The molecule has 2 heteroatoms. The number of aromatic nitrogens is 1. The van der Waals surface area contributed by atoms with Crippen LogP contribution in [0, 0.1) is 0 Å². The lowest BCUT2D eigenvalue weighted by atomic mass is 9.85. The van der Waals surface area contributed by atoms with Gasteiger partial charge < -0.3 is 0 Å². The van der Waals surface area contributed by atoms with Crippen molar-refractivity contribution in [2.45, 2.75) is 46.0 Å². The lowest BCUT2D eigenvalue weighted by Gasteiger charge is -2.20. The van der Waals surface area contributed by atoms with E-state index in [4.69, 9.17) is 0 Å². The number of fused-ring (bicyclic) bond motifs is 1. The van der Waals surface area contributed by atoms with Crippen molar-refractivity contribution in [3.63, 3.8) is 0 Å². The normalized spacial score (nSPS) is 12.6. The van der Waals surface area contributed by atoms with E-state index in [0.29, 0.717) is 5.92 Å². The molecule has 0 N–H and O–H groups in total. The Bertz CT molecular complexity index is 503. The van der Waals surface area contributed by atoms with Gasteiger partial charge in [-0.1, -0.05) is 46.8 Å². The van der Waals surface area contributed by atoms with E-state index < -0.39 is 0 Å². The van der Waals surface area contributed by atoms with Gasteiger partial charge in [0.2, 0.25) is 0 Å². The predicted molar refractivity (Wildman–Crippen MR) is 72.4 cm³/mol. The molecule has 0 spiro atoms. The first-order chi connectivity index (χ1) is 7.41. The Hall–Kier alpha value is -0.890. The topological polar surface area (TPSA) is 12.9 Å². The zero-order valence-electron chi connectivity index (χ0n) is 10.7. The van der Waals surface area contributed by atoms with Gasteiger partial charge in [0, 0.05) is 0 Å². The van der Waals surface area contributed by atoms with Crippen molar-refractivity contribution in [1.82, 2.24) is 4.98 Å². The average molecular weight is 233 g/mol. The molecule has 1 nitrogen and oxygen atoms in total. The smallest absolute Gasteiger partial charge is 0.0852 e. The molecule has 0 fully saturated rings. The van der Waals surface area contributed by atoms with E-state index in [2.05, 4.69) is 51.7 Å². The molecule has 0 radical (unpaired) electrons. The first kappa shape index (κ1) is 11.6. The number of rotatable bonds is 1. The van der Waals surface area contributed by atoms with Crippen LogP contribution >= 0.6 is 11.3 Å². The molecule has 0 atom stereocenters. The van der Waals surface area contributed by atoms with Gasteiger partial charge >= 0.3 is 0 Å². The lowest BCUT2D eigenvalue weighted by Crippen LogP contribution is -2.12. The van der Waals surface area contributed by atoms with Crippen LogP contribution in [0.2, 0.25) is 0 Å². The Morgan fingerprint density at radius 1 is 1.19 bits per heavy atom. The summed E-state index contributed by atoms with van der Waals surface area (Å²) in [6.07, 6.45) is 0. The molecule has 0 aliphatic rings. The van der Waals surface area contributed by atoms with Crippen molar-refractivity contribution in [1.29, 1.82) is 0 Å². The van der Waals surface area contributed by atoms with Crippen molar-refractivity contribution in [3.05, 3.63) is 28.8 Å². The van der Waals surface area contributed by atoms with Crippen molar-refractivity contribution < 1.29 is 0 Å². The first-order valence-corrected chi connectivity index (χ1v) is 6.66. The Balaban J connectivity index is 2.74. The maximum atomic E-state index is 4.55. The Morgan fingerprint density at radius 2 is 1.88 bits per heavy atom. The van der Waals surface area contributed by atoms with Crippen molar-refractivity contribution in [2.75, 3.05) is 0 Å². The largest absolute Gasteiger partial charge is 0.244 e. The van der Waals surface area contributed by atoms with Gasteiger partial charge in [-0.3, -0.25) is 0 Å². The second kappa shape index (κ2) is 3.85. The van der Waals surface area contributed by atoms with Gasteiger partial charge in [-0.15, -0.1) is 11.3 Å². The molecule has 0 saturated carbocycles. The molecule has 0 unspecified atom stereocenters. The molecule has 1 aromatic carbocycles. The molecule has 0 amide bonds. The molecule has 86 valence electrons. The highest BCUT2D eigenvalue weighted by molar-refractivity contribution is 7.17. The van der Waals surface area contributed by atoms with E-state index >= 15 is 0 Å². The first-order valence-electron chi connectivity index (χ1n) is 5.78. The summed E-state index contributed by atoms with van der Waals surface area (Å²) in [4.78, 5) is 4.55. The van der Waals surface area contributed by atoms with E-state index in [-0.39, 0.29) is 5.41 Å². The SMILES string of the molecule is CC(C)c1ccc(C(C)(C)C)c2ncsc12. The van der Waals surface area contributed by atoms with Crippen LogP contribution in [0.5, 0.6) is 0 Å². The highest BCUT2D eigenvalue weighted by atomic mass is 32.1. The minimum absolute atomic E-state index is 0.168. The average Bonchev–Trinajstić information content (AvgIpc) is 2.61. The van der Waals surface area contributed by atoms with Crippen LogP contribution in [0.15, 0.2) is 17.6 Å². The molecule has 16 heavy (non-hydrogen) atoms. The van der Waals surface area contributed by atoms with Crippen LogP contribution in [0.3, 0.4) is 0 Å². The molecule has 2 rings (SSSR count). The standard InChI is InChI=1S/C14H19NS/c1-9(2)10-6-7-11(14(3,4)5)12-13(10)16-8-15-12/h6-9H,1-5H3. The van der Waals surface area contributed by atoms with Crippen LogP contribution in [0.4, 0.5) is 0 Å². The third-order valence-corrected chi connectivity index (χ3v) is 3.82. The Morgan fingerprint density at radius 3 is 2.44 bits per heavy atom. The van der Waals surface area contributed by atoms with Crippen molar-refractivity contribution in [2.24, 2.45) is 0 Å². The van der Waals surface area contributed by atoms with E-state index in [1.165, 1.54) is 21.3 Å². The fourth-order valence-corrected chi connectivity index (χ4v) is 3.01. The number of thiazole rings is 1. The van der Waals surface area contributed by atoms with Gasteiger partial charge in [0.15, 0.2) is 0 Å². The quantitative estimate of drug-likeness (QED) is 0.694. The van der Waals surface area contributed by atoms with Gasteiger partial charge in [0.25, 0.3) is 0 Å². The summed E-state index contributed by atoms with van der Waals surface area (Å²) in [5.74, 6) is 0.567. The minimum Gasteiger partial charge on any atom is -0.244 e. The van der Waals surface area contributed by atoms with E-state index in [9.17, 15) is 0 Å². The molecular formula is C14H19NS. The van der Waals surface area contributed by atoms with Gasteiger partial charge in [0.1, 0.15) is 0 Å². The minimum atomic E-state index is 0.168. The number of hydrogen-bond donors (Lipinski definition) is 0. The number of nitrogens with zero attached hydrogens (tertiary/aromatic N) is 1. The lowest BCUT2D eigenvalue weighted by molar-refractivity contribution is 0.594. The molecule has 0 saturated heterocycles. The van der Waals surface area contributed by atoms with Crippen LogP contribution < -0.4 is 0 Å². The Kier molecular flexibility index (Phi) is 2.79. The molecule has 0 aliphatic heterocycles. The number of benzene rings is 1.